The normalized spacial score (nSPS) is 13.6. The molecule has 9 heavy (non-hydrogen) atoms. The second-order valence-corrected chi connectivity index (χ2v) is 6.40. The number of nitrogens with two attached hydrogens (primary N) is 1. The first-order valence-corrected chi connectivity index (χ1v) is 5.34. The SMILES string of the molecule is NS(=O)(=O)S(=O)(=O)CF. The standard InChI is InChI=1S/CH4FNO4S2/c2-1-8(4,5)9(3,6)7/h1H2,(H2,3,6,7). The van der Waals surface area contributed by atoms with Gasteiger partial charge in [-0.2, -0.15) is 8.42 Å². The lowest BCUT2D eigenvalue weighted by molar-refractivity contribution is 0.538. The van der Waals surface area contributed by atoms with E-state index in [4.69, 9.17) is 0 Å². The van der Waals surface area contributed by atoms with Gasteiger partial charge in [0.2, 0.25) is 6.01 Å². The highest BCUT2D eigenvalue weighted by atomic mass is 33.2. The van der Waals surface area contributed by atoms with Crippen LogP contribution in [-0.2, 0) is 17.9 Å². The van der Waals surface area contributed by atoms with Crippen molar-refractivity contribution >= 4 is 17.9 Å². The summed E-state index contributed by atoms with van der Waals surface area (Å²) in [7, 11) is -9.51. The van der Waals surface area contributed by atoms with Crippen molar-refractivity contribution in [3.63, 3.8) is 0 Å². The van der Waals surface area contributed by atoms with Gasteiger partial charge in [-0.05, 0) is 0 Å². The molecular formula is CH4FNO4S2. The quantitative estimate of drug-likeness (QED) is 0.521. The van der Waals surface area contributed by atoms with Gasteiger partial charge in [0.15, 0.2) is 0 Å². The summed E-state index contributed by atoms with van der Waals surface area (Å²) in [6.07, 6.45) is 0. The van der Waals surface area contributed by atoms with Crippen molar-refractivity contribution in [1.29, 1.82) is 0 Å². The number of halogens is 1. The molecule has 0 heterocycles. The molecule has 0 aromatic carbocycles. The fourth-order valence-corrected chi connectivity index (χ4v) is 0.559. The zero-order valence-corrected chi connectivity index (χ0v) is 5.74. The van der Waals surface area contributed by atoms with E-state index in [1.165, 1.54) is 0 Å². The van der Waals surface area contributed by atoms with Gasteiger partial charge in [0.1, 0.15) is 0 Å². The van der Waals surface area contributed by atoms with Crippen LogP contribution >= 0.6 is 0 Å². The van der Waals surface area contributed by atoms with Crippen LogP contribution in [0.3, 0.4) is 0 Å². The largest absolute Gasteiger partial charge is 0.317 e. The number of hydrogen-bond acceptors (Lipinski definition) is 4. The molecule has 0 aromatic heterocycles. The van der Waals surface area contributed by atoms with Gasteiger partial charge in [-0.1, -0.05) is 0 Å². The van der Waals surface area contributed by atoms with Crippen molar-refractivity contribution in [2.45, 2.75) is 0 Å². The Morgan fingerprint density at radius 1 is 1.22 bits per heavy atom. The Labute approximate surface area is 51.0 Å². The molecule has 0 amide bonds. The molecule has 0 aliphatic carbocycles. The minimum atomic E-state index is -4.76. The van der Waals surface area contributed by atoms with Crippen molar-refractivity contribution in [3.8, 4) is 0 Å². The summed E-state index contributed by atoms with van der Waals surface area (Å²) in [5.74, 6) is 0. The van der Waals surface area contributed by atoms with E-state index < -0.39 is 23.9 Å². The molecule has 0 unspecified atom stereocenters. The maximum absolute atomic E-state index is 11.2. The fourth-order valence-electron chi connectivity index (χ4n) is 0.0621. The molecule has 0 saturated heterocycles. The minimum Gasteiger partial charge on any atom is -0.232 e. The first kappa shape index (κ1) is 8.79. The lowest BCUT2D eigenvalue weighted by Gasteiger charge is -1.91. The second-order valence-electron chi connectivity index (χ2n) is 1.16. The average molecular weight is 177 g/mol. The van der Waals surface area contributed by atoms with Gasteiger partial charge in [0, 0.05) is 0 Å². The molecule has 0 spiro atoms. The number of rotatable bonds is 2. The molecule has 8 heteroatoms. The molecule has 0 atom stereocenters. The van der Waals surface area contributed by atoms with Crippen LogP contribution in [0.15, 0.2) is 0 Å². The van der Waals surface area contributed by atoms with Crippen LogP contribution in [0, 0.1) is 0 Å². The summed E-state index contributed by atoms with van der Waals surface area (Å²) >= 11 is 0. The lowest BCUT2D eigenvalue weighted by atomic mass is 11.8. The van der Waals surface area contributed by atoms with Crippen LogP contribution in [0.5, 0.6) is 0 Å². The summed E-state index contributed by atoms with van der Waals surface area (Å²) < 4.78 is 50.8. The molecule has 0 rings (SSSR count). The first-order chi connectivity index (χ1) is 3.81. The Balaban J connectivity index is 5.07. The van der Waals surface area contributed by atoms with Crippen molar-refractivity contribution in [2.75, 3.05) is 6.01 Å². The smallest absolute Gasteiger partial charge is 0.232 e. The van der Waals surface area contributed by atoms with Crippen LogP contribution in [0.4, 0.5) is 4.39 Å². The fraction of sp³-hybridized carbons (Fsp3) is 1.00. The molecule has 0 saturated carbocycles. The van der Waals surface area contributed by atoms with E-state index in [-0.39, 0.29) is 0 Å². The predicted octanol–water partition coefficient (Wildman–Crippen LogP) is -1.47. The molecule has 0 fully saturated rings. The zero-order valence-electron chi connectivity index (χ0n) is 4.11. The third-order valence-corrected chi connectivity index (χ3v) is 3.85. The average Bonchev–Trinajstić information content (AvgIpc) is 1.64. The summed E-state index contributed by atoms with van der Waals surface area (Å²) in [5.41, 5.74) is 0. The molecular weight excluding hydrogens is 173 g/mol. The van der Waals surface area contributed by atoms with Crippen molar-refractivity contribution < 1.29 is 21.2 Å². The van der Waals surface area contributed by atoms with E-state index in [1.54, 1.807) is 0 Å². The van der Waals surface area contributed by atoms with Crippen molar-refractivity contribution in [1.82, 2.24) is 0 Å². The summed E-state index contributed by atoms with van der Waals surface area (Å²) in [6, 6.07) is -1.98. The van der Waals surface area contributed by atoms with Gasteiger partial charge in [0.25, 0.3) is 8.87 Å². The molecule has 2 N–H and O–H groups in total. The van der Waals surface area contributed by atoms with Crippen LogP contribution in [0.1, 0.15) is 0 Å². The van der Waals surface area contributed by atoms with E-state index >= 15 is 0 Å². The van der Waals surface area contributed by atoms with E-state index in [9.17, 15) is 21.2 Å². The van der Waals surface area contributed by atoms with Gasteiger partial charge < -0.3 is 0 Å². The Hall–Kier alpha value is -0.210. The molecule has 0 bridgehead atoms. The van der Waals surface area contributed by atoms with Gasteiger partial charge >= 0.3 is 9.06 Å². The highest BCUT2D eigenvalue weighted by Crippen LogP contribution is 1.95. The van der Waals surface area contributed by atoms with Crippen LogP contribution in [0.25, 0.3) is 0 Å². The Kier molecular flexibility index (Phi) is 2.14. The van der Waals surface area contributed by atoms with Crippen molar-refractivity contribution in [2.24, 2.45) is 5.14 Å². The van der Waals surface area contributed by atoms with E-state index in [0.29, 0.717) is 0 Å². The topological polar surface area (TPSA) is 94.3 Å². The predicted molar refractivity (Wildman–Crippen MR) is 28.0 cm³/mol. The van der Waals surface area contributed by atoms with Gasteiger partial charge in [-0.3, -0.25) is 0 Å². The molecule has 56 valence electrons. The Bertz CT molecular complexity index is 274. The third-order valence-electron chi connectivity index (χ3n) is 0.488. The lowest BCUT2D eigenvalue weighted by Crippen LogP contribution is -2.24. The number of hydrogen-bond donors (Lipinski definition) is 1. The highest BCUT2D eigenvalue weighted by Gasteiger charge is 2.24. The van der Waals surface area contributed by atoms with Gasteiger partial charge in [-0.25, -0.2) is 17.9 Å². The number of alkyl halides is 1. The molecule has 0 aliphatic heterocycles. The van der Waals surface area contributed by atoms with Gasteiger partial charge in [0.05, 0.1) is 0 Å². The zero-order chi connectivity index (χ0) is 7.71. The third kappa shape index (κ3) is 1.88. The molecule has 0 radical (unpaired) electrons. The van der Waals surface area contributed by atoms with E-state index in [0.717, 1.165) is 0 Å². The van der Waals surface area contributed by atoms with Crippen molar-refractivity contribution in [3.05, 3.63) is 0 Å². The van der Waals surface area contributed by atoms with Gasteiger partial charge in [-0.15, -0.1) is 0 Å². The Morgan fingerprint density at radius 2 is 1.56 bits per heavy atom. The second kappa shape index (κ2) is 2.20. The van der Waals surface area contributed by atoms with E-state index in [2.05, 4.69) is 5.14 Å². The minimum absolute atomic E-state index is 1.98. The Morgan fingerprint density at radius 3 is 1.56 bits per heavy atom. The summed E-state index contributed by atoms with van der Waals surface area (Å²) in [6.45, 7) is 0. The maximum atomic E-state index is 11.2. The monoisotopic (exact) mass is 177 g/mol. The van der Waals surface area contributed by atoms with Crippen LogP contribution in [0.2, 0.25) is 0 Å². The summed E-state index contributed by atoms with van der Waals surface area (Å²) in [4.78, 5) is 0. The van der Waals surface area contributed by atoms with E-state index in [1.807, 2.05) is 0 Å². The molecule has 5 nitrogen and oxygen atoms in total. The summed E-state index contributed by atoms with van der Waals surface area (Å²) in [5, 5.41) is 4.07. The maximum Gasteiger partial charge on any atom is 0.317 e. The molecule has 0 aliphatic rings. The van der Waals surface area contributed by atoms with Crippen LogP contribution in [-0.4, -0.2) is 22.8 Å². The van der Waals surface area contributed by atoms with Crippen LogP contribution < -0.4 is 5.14 Å². The first-order valence-electron chi connectivity index (χ1n) is 1.62. The highest BCUT2D eigenvalue weighted by molar-refractivity contribution is 8.66. The molecule has 0 aromatic rings.